The van der Waals surface area contributed by atoms with Crippen LogP contribution in [0.3, 0.4) is 0 Å². The van der Waals surface area contributed by atoms with Crippen LogP contribution in [-0.4, -0.2) is 9.97 Å². The number of nitrogens with zero attached hydrogens (tertiary/aromatic N) is 1. The number of H-pyrrole nitrogens is 1. The third-order valence-corrected chi connectivity index (χ3v) is 2.81. The van der Waals surface area contributed by atoms with E-state index in [4.69, 9.17) is 4.74 Å². The highest BCUT2D eigenvalue weighted by Gasteiger charge is 2.04. The van der Waals surface area contributed by atoms with Crippen LogP contribution in [-0.2, 0) is 0 Å². The van der Waals surface area contributed by atoms with E-state index < -0.39 is 0 Å². The monoisotopic (exact) mass is 216 g/mol. The van der Waals surface area contributed by atoms with Gasteiger partial charge >= 0.3 is 0 Å². The number of rotatable bonds is 2. The maximum atomic E-state index is 5.68. The van der Waals surface area contributed by atoms with Gasteiger partial charge in [-0.15, -0.1) is 0 Å². The Hall–Kier alpha value is -1.81. The van der Waals surface area contributed by atoms with Crippen molar-refractivity contribution in [2.75, 3.05) is 0 Å². The summed E-state index contributed by atoms with van der Waals surface area (Å²) < 4.78 is 5.68. The van der Waals surface area contributed by atoms with Crippen LogP contribution in [0.25, 0.3) is 10.9 Å². The zero-order valence-electron chi connectivity index (χ0n) is 7.81. The van der Waals surface area contributed by atoms with Gasteiger partial charge in [0.2, 0.25) is 0 Å². The van der Waals surface area contributed by atoms with Gasteiger partial charge < -0.3 is 9.72 Å². The number of fused-ring (bicyclic) bond motifs is 1. The van der Waals surface area contributed by atoms with Crippen LogP contribution in [0.1, 0.15) is 0 Å². The van der Waals surface area contributed by atoms with Gasteiger partial charge in [0, 0.05) is 28.7 Å². The van der Waals surface area contributed by atoms with Gasteiger partial charge in [-0.25, -0.2) is 4.98 Å². The van der Waals surface area contributed by atoms with Crippen molar-refractivity contribution < 1.29 is 4.74 Å². The summed E-state index contributed by atoms with van der Waals surface area (Å²) in [5.74, 6) is 0.837. The van der Waals surface area contributed by atoms with Crippen molar-refractivity contribution in [3.8, 4) is 10.9 Å². The van der Waals surface area contributed by atoms with Crippen LogP contribution >= 0.6 is 11.3 Å². The van der Waals surface area contributed by atoms with E-state index in [1.165, 1.54) is 11.3 Å². The lowest BCUT2D eigenvalue weighted by molar-refractivity contribution is 0.484. The molecule has 0 amide bonds. The summed E-state index contributed by atoms with van der Waals surface area (Å²) in [6.07, 6.45) is 3.64. The van der Waals surface area contributed by atoms with Crippen LogP contribution in [0.4, 0.5) is 0 Å². The van der Waals surface area contributed by atoms with E-state index >= 15 is 0 Å². The molecule has 0 atom stereocenters. The summed E-state index contributed by atoms with van der Waals surface area (Å²) in [5, 5.41) is 3.64. The molecule has 0 fully saturated rings. The number of hydrogen-bond donors (Lipinski definition) is 1. The third-order valence-electron chi connectivity index (χ3n) is 2.16. The average Bonchev–Trinajstić information content (AvgIpc) is 2.87. The van der Waals surface area contributed by atoms with E-state index in [9.17, 15) is 0 Å². The predicted molar refractivity (Wildman–Crippen MR) is 60.5 cm³/mol. The summed E-state index contributed by atoms with van der Waals surface area (Å²) in [7, 11) is 0. The fraction of sp³-hybridized carbons (Fsp3) is 0. The standard InChI is InChI=1S/C11H8N2OS/c1-2-9-8(4-5-12-9)10(3-1)14-11-13-6-7-15-11/h1-7,12H. The molecule has 0 aliphatic rings. The summed E-state index contributed by atoms with van der Waals surface area (Å²) in [4.78, 5) is 7.23. The molecular formula is C11H8N2OS. The fourth-order valence-electron chi connectivity index (χ4n) is 1.50. The summed E-state index contributed by atoms with van der Waals surface area (Å²) in [6, 6.07) is 7.92. The molecule has 2 heterocycles. The average molecular weight is 216 g/mol. The number of nitrogens with one attached hydrogen (secondary N) is 1. The first-order valence-corrected chi connectivity index (χ1v) is 5.45. The first kappa shape index (κ1) is 8.49. The summed E-state index contributed by atoms with van der Waals surface area (Å²) in [6.45, 7) is 0. The van der Waals surface area contributed by atoms with Crippen LogP contribution in [0, 0.1) is 0 Å². The predicted octanol–water partition coefficient (Wildman–Crippen LogP) is 3.42. The van der Waals surface area contributed by atoms with Gasteiger partial charge in [-0.3, -0.25) is 0 Å². The molecule has 3 aromatic rings. The van der Waals surface area contributed by atoms with Crippen molar-refractivity contribution in [2.45, 2.75) is 0 Å². The Morgan fingerprint density at radius 1 is 1.27 bits per heavy atom. The molecule has 0 aliphatic carbocycles. The minimum absolute atomic E-state index is 0.670. The Labute approximate surface area is 90.4 Å². The number of aromatic amines is 1. The van der Waals surface area contributed by atoms with Gasteiger partial charge in [0.25, 0.3) is 5.19 Å². The van der Waals surface area contributed by atoms with E-state index in [1.54, 1.807) is 6.20 Å². The van der Waals surface area contributed by atoms with E-state index in [0.717, 1.165) is 16.7 Å². The molecule has 3 nitrogen and oxygen atoms in total. The molecule has 1 aromatic carbocycles. The lowest BCUT2D eigenvalue weighted by Crippen LogP contribution is -1.82. The first-order valence-electron chi connectivity index (χ1n) is 4.57. The van der Waals surface area contributed by atoms with Crippen molar-refractivity contribution in [2.24, 2.45) is 0 Å². The molecule has 0 saturated heterocycles. The number of aromatic nitrogens is 2. The summed E-state index contributed by atoms with van der Waals surface area (Å²) in [5.41, 5.74) is 1.07. The third kappa shape index (κ3) is 1.49. The molecule has 0 aliphatic heterocycles. The normalized spacial score (nSPS) is 10.7. The molecule has 0 bridgehead atoms. The highest BCUT2D eigenvalue weighted by atomic mass is 32.1. The molecule has 0 spiro atoms. The van der Waals surface area contributed by atoms with Crippen LogP contribution in [0.2, 0.25) is 0 Å². The zero-order chi connectivity index (χ0) is 10.1. The zero-order valence-corrected chi connectivity index (χ0v) is 8.62. The lowest BCUT2D eigenvalue weighted by atomic mass is 10.2. The molecule has 15 heavy (non-hydrogen) atoms. The van der Waals surface area contributed by atoms with Crippen LogP contribution in [0.5, 0.6) is 10.9 Å². The number of hydrogen-bond acceptors (Lipinski definition) is 3. The van der Waals surface area contributed by atoms with Crippen molar-refractivity contribution in [1.29, 1.82) is 0 Å². The van der Waals surface area contributed by atoms with E-state index in [0.29, 0.717) is 5.19 Å². The molecule has 0 radical (unpaired) electrons. The Morgan fingerprint density at radius 2 is 2.27 bits per heavy atom. The van der Waals surface area contributed by atoms with Crippen LogP contribution in [0.15, 0.2) is 42.0 Å². The molecule has 3 rings (SSSR count). The summed E-state index contributed by atoms with van der Waals surface area (Å²) >= 11 is 1.49. The van der Waals surface area contributed by atoms with Crippen LogP contribution < -0.4 is 4.74 Å². The van der Waals surface area contributed by atoms with Gasteiger partial charge in [-0.05, 0) is 18.2 Å². The number of thiazole rings is 1. The van der Waals surface area contributed by atoms with Crippen molar-refractivity contribution >= 4 is 22.2 Å². The second kappa shape index (κ2) is 3.40. The minimum atomic E-state index is 0.670. The fourth-order valence-corrected chi connectivity index (χ4v) is 2.00. The maximum Gasteiger partial charge on any atom is 0.278 e. The van der Waals surface area contributed by atoms with Gasteiger partial charge in [0.05, 0.1) is 0 Å². The molecule has 74 valence electrons. The van der Waals surface area contributed by atoms with Gasteiger partial charge in [-0.1, -0.05) is 17.4 Å². The molecule has 4 heteroatoms. The Bertz CT molecular complexity index is 571. The van der Waals surface area contributed by atoms with Gasteiger partial charge in [-0.2, -0.15) is 0 Å². The largest absolute Gasteiger partial charge is 0.430 e. The highest BCUT2D eigenvalue weighted by Crippen LogP contribution is 2.29. The van der Waals surface area contributed by atoms with Gasteiger partial charge in [0.1, 0.15) is 5.75 Å². The Morgan fingerprint density at radius 3 is 3.13 bits per heavy atom. The van der Waals surface area contributed by atoms with Gasteiger partial charge in [0.15, 0.2) is 0 Å². The second-order valence-corrected chi connectivity index (χ2v) is 3.95. The van der Waals surface area contributed by atoms with Crippen molar-refractivity contribution in [3.05, 3.63) is 42.0 Å². The van der Waals surface area contributed by atoms with E-state index in [1.807, 2.05) is 35.8 Å². The highest BCUT2D eigenvalue weighted by molar-refractivity contribution is 7.11. The minimum Gasteiger partial charge on any atom is -0.430 e. The van der Waals surface area contributed by atoms with E-state index in [-0.39, 0.29) is 0 Å². The van der Waals surface area contributed by atoms with Crippen molar-refractivity contribution in [3.63, 3.8) is 0 Å². The number of benzene rings is 1. The topological polar surface area (TPSA) is 37.9 Å². The smallest absolute Gasteiger partial charge is 0.278 e. The molecule has 0 unspecified atom stereocenters. The Kier molecular flexibility index (Phi) is 1.93. The molecule has 1 N–H and O–H groups in total. The second-order valence-electron chi connectivity index (χ2n) is 3.10. The number of ether oxygens (including phenoxy) is 1. The SMILES string of the molecule is c1cc(Oc2nccs2)c2cc[nH]c2c1. The first-order chi connectivity index (χ1) is 7.43. The Balaban J connectivity index is 2.07. The van der Waals surface area contributed by atoms with E-state index in [2.05, 4.69) is 9.97 Å². The molecule has 2 aromatic heterocycles. The lowest BCUT2D eigenvalue weighted by Gasteiger charge is -2.02. The maximum absolute atomic E-state index is 5.68. The molecular weight excluding hydrogens is 208 g/mol. The molecule has 0 saturated carbocycles. The quantitative estimate of drug-likeness (QED) is 0.712. The van der Waals surface area contributed by atoms with Crippen molar-refractivity contribution in [1.82, 2.24) is 9.97 Å².